The van der Waals surface area contributed by atoms with Gasteiger partial charge in [0, 0.05) is 54.9 Å². The van der Waals surface area contributed by atoms with Gasteiger partial charge < -0.3 is 9.88 Å². The summed E-state index contributed by atoms with van der Waals surface area (Å²) in [5.74, 6) is 1.26. The number of aromatic amines is 1. The summed E-state index contributed by atoms with van der Waals surface area (Å²) in [6.07, 6.45) is 7.38. The molecule has 20 heavy (non-hydrogen) atoms. The van der Waals surface area contributed by atoms with Crippen LogP contribution in [-0.2, 0) is 0 Å². The largest absolute Gasteiger partial charge is 0.362 e. The van der Waals surface area contributed by atoms with E-state index in [4.69, 9.17) is 0 Å². The molecule has 1 aliphatic rings. The second-order valence-electron chi connectivity index (χ2n) is 5.30. The maximum absolute atomic E-state index is 11.6. The van der Waals surface area contributed by atoms with E-state index < -0.39 is 0 Å². The highest BCUT2D eigenvalue weighted by atomic mass is 16.1. The van der Waals surface area contributed by atoms with Crippen molar-refractivity contribution in [3.63, 3.8) is 0 Å². The molecule has 0 saturated carbocycles. The fourth-order valence-corrected chi connectivity index (χ4v) is 2.82. The zero-order chi connectivity index (χ0) is 13.9. The van der Waals surface area contributed by atoms with Crippen molar-refractivity contribution in [2.45, 2.75) is 25.7 Å². The topological polar surface area (TPSA) is 61.9 Å². The van der Waals surface area contributed by atoms with Crippen LogP contribution in [0.5, 0.6) is 0 Å². The number of pyridine rings is 1. The van der Waals surface area contributed by atoms with Crippen LogP contribution in [0.3, 0.4) is 0 Å². The van der Waals surface area contributed by atoms with Crippen LogP contribution in [0.2, 0.25) is 0 Å². The van der Waals surface area contributed by atoms with Crippen LogP contribution in [0, 0.1) is 6.92 Å². The van der Waals surface area contributed by atoms with Crippen LogP contribution in [-0.4, -0.2) is 28.0 Å². The van der Waals surface area contributed by atoms with Gasteiger partial charge in [-0.3, -0.25) is 9.78 Å². The first-order valence-electron chi connectivity index (χ1n) is 6.94. The van der Waals surface area contributed by atoms with Crippen LogP contribution in [0.15, 0.2) is 35.5 Å². The third-order valence-corrected chi connectivity index (χ3v) is 3.73. The van der Waals surface area contributed by atoms with Crippen molar-refractivity contribution in [1.29, 1.82) is 0 Å². The summed E-state index contributed by atoms with van der Waals surface area (Å²) in [5, 5.41) is 0. The first-order chi connectivity index (χ1) is 9.72. The third kappa shape index (κ3) is 2.71. The molecular weight excluding hydrogens is 252 g/mol. The number of nitrogens with one attached hydrogen (secondary N) is 1. The maximum Gasteiger partial charge on any atom is 0.182 e. The molecule has 1 unspecified atom stereocenters. The molecule has 2 aromatic heterocycles. The molecule has 3 heterocycles. The molecule has 0 radical (unpaired) electrons. The third-order valence-electron chi connectivity index (χ3n) is 3.73. The van der Waals surface area contributed by atoms with E-state index in [0.717, 1.165) is 43.1 Å². The quantitative estimate of drug-likeness (QED) is 0.904. The molecule has 2 aromatic rings. The predicted molar refractivity (Wildman–Crippen MR) is 78.0 cm³/mol. The van der Waals surface area contributed by atoms with Gasteiger partial charge in [0.15, 0.2) is 5.43 Å². The Morgan fingerprint density at radius 2 is 2.25 bits per heavy atom. The van der Waals surface area contributed by atoms with E-state index in [1.807, 2.05) is 6.92 Å². The van der Waals surface area contributed by atoms with Crippen molar-refractivity contribution >= 4 is 5.82 Å². The minimum absolute atomic E-state index is 0.0767. The van der Waals surface area contributed by atoms with Crippen LogP contribution in [0.25, 0.3) is 0 Å². The van der Waals surface area contributed by atoms with Crippen LogP contribution in [0.1, 0.15) is 30.1 Å². The van der Waals surface area contributed by atoms with Gasteiger partial charge >= 0.3 is 0 Å². The lowest BCUT2D eigenvalue weighted by Gasteiger charge is -2.33. The highest BCUT2D eigenvalue weighted by Crippen LogP contribution is 2.27. The lowest BCUT2D eigenvalue weighted by Crippen LogP contribution is -2.35. The lowest BCUT2D eigenvalue weighted by atomic mass is 9.94. The van der Waals surface area contributed by atoms with Crippen molar-refractivity contribution in [3.8, 4) is 0 Å². The van der Waals surface area contributed by atoms with Gasteiger partial charge in [-0.2, -0.15) is 0 Å². The first kappa shape index (κ1) is 12.8. The SMILES string of the molecule is Cc1cc(=O)cc(C2CCCN(c3cnccn3)C2)[nH]1. The van der Waals surface area contributed by atoms with Gasteiger partial charge in [0.25, 0.3) is 0 Å². The minimum atomic E-state index is 0.0767. The first-order valence-corrected chi connectivity index (χ1v) is 6.94. The Labute approximate surface area is 117 Å². The Hall–Kier alpha value is -2.17. The van der Waals surface area contributed by atoms with Gasteiger partial charge in [-0.05, 0) is 19.8 Å². The summed E-state index contributed by atoms with van der Waals surface area (Å²) in [6.45, 7) is 3.79. The Morgan fingerprint density at radius 3 is 3.00 bits per heavy atom. The summed E-state index contributed by atoms with van der Waals surface area (Å²) < 4.78 is 0. The van der Waals surface area contributed by atoms with Gasteiger partial charge in [0.05, 0.1) is 6.20 Å². The highest BCUT2D eigenvalue weighted by molar-refractivity contribution is 5.37. The van der Waals surface area contributed by atoms with E-state index >= 15 is 0 Å². The fraction of sp³-hybridized carbons (Fsp3) is 0.400. The molecule has 0 bridgehead atoms. The van der Waals surface area contributed by atoms with Gasteiger partial charge in [0.2, 0.25) is 0 Å². The zero-order valence-electron chi connectivity index (χ0n) is 11.5. The molecule has 5 heteroatoms. The number of anilines is 1. The normalized spacial score (nSPS) is 19.1. The van der Waals surface area contributed by atoms with Crippen molar-refractivity contribution in [1.82, 2.24) is 15.0 Å². The smallest absolute Gasteiger partial charge is 0.182 e. The lowest BCUT2D eigenvalue weighted by molar-refractivity contribution is 0.497. The predicted octanol–water partition coefficient (Wildman–Crippen LogP) is 1.86. The molecule has 1 fully saturated rings. The molecule has 0 aliphatic carbocycles. The standard InChI is InChI=1S/C15H18N4O/c1-11-7-13(20)8-14(18-11)12-3-2-6-19(10-12)15-9-16-4-5-17-15/h4-5,7-9,12H,2-3,6,10H2,1H3,(H,18,20). The van der Waals surface area contributed by atoms with E-state index in [0.29, 0.717) is 5.92 Å². The second-order valence-corrected chi connectivity index (χ2v) is 5.30. The summed E-state index contributed by atoms with van der Waals surface area (Å²) in [5.41, 5.74) is 2.03. The maximum atomic E-state index is 11.6. The Morgan fingerprint density at radius 1 is 1.35 bits per heavy atom. The van der Waals surface area contributed by atoms with Crippen molar-refractivity contribution in [3.05, 3.63) is 52.3 Å². The molecule has 5 nitrogen and oxygen atoms in total. The van der Waals surface area contributed by atoms with E-state index in [-0.39, 0.29) is 5.43 Å². The van der Waals surface area contributed by atoms with Gasteiger partial charge in [0.1, 0.15) is 5.82 Å². The summed E-state index contributed by atoms with van der Waals surface area (Å²) in [7, 11) is 0. The van der Waals surface area contributed by atoms with Crippen molar-refractivity contribution in [2.24, 2.45) is 0 Å². The molecular formula is C15H18N4O. The highest BCUT2D eigenvalue weighted by Gasteiger charge is 2.23. The molecule has 0 amide bonds. The number of aromatic nitrogens is 3. The molecule has 1 atom stereocenters. The number of aryl methyl sites for hydroxylation is 1. The van der Waals surface area contributed by atoms with Crippen LogP contribution in [0.4, 0.5) is 5.82 Å². The molecule has 1 aliphatic heterocycles. The number of nitrogens with zero attached hydrogens (tertiary/aromatic N) is 3. The molecule has 3 rings (SSSR count). The van der Waals surface area contributed by atoms with Crippen molar-refractivity contribution < 1.29 is 0 Å². The molecule has 104 valence electrons. The van der Waals surface area contributed by atoms with E-state index in [2.05, 4.69) is 19.9 Å². The number of rotatable bonds is 2. The molecule has 1 saturated heterocycles. The molecule has 1 N–H and O–H groups in total. The average molecular weight is 270 g/mol. The second kappa shape index (κ2) is 5.45. The minimum Gasteiger partial charge on any atom is -0.362 e. The number of piperidine rings is 1. The monoisotopic (exact) mass is 270 g/mol. The van der Waals surface area contributed by atoms with E-state index in [1.165, 1.54) is 0 Å². The van der Waals surface area contributed by atoms with Crippen LogP contribution < -0.4 is 10.3 Å². The van der Waals surface area contributed by atoms with E-state index in [1.54, 1.807) is 30.7 Å². The number of H-pyrrole nitrogens is 1. The van der Waals surface area contributed by atoms with E-state index in [9.17, 15) is 4.79 Å². The Bertz CT molecular complexity index is 638. The Kier molecular flexibility index (Phi) is 3.50. The summed E-state index contributed by atoms with van der Waals surface area (Å²) >= 11 is 0. The van der Waals surface area contributed by atoms with Gasteiger partial charge in [-0.1, -0.05) is 0 Å². The molecule has 0 aromatic carbocycles. The van der Waals surface area contributed by atoms with Gasteiger partial charge in [-0.15, -0.1) is 0 Å². The van der Waals surface area contributed by atoms with Crippen molar-refractivity contribution in [2.75, 3.05) is 18.0 Å². The fourth-order valence-electron chi connectivity index (χ4n) is 2.82. The Balaban J connectivity index is 1.83. The van der Waals surface area contributed by atoms with Gasteiger partial charge in [-0.25, -0.2) is 4.98 Å². The summed E-state index contributed by atoms with van der Waals surface area (Å²) in [6, 6.07) is 3.35. The zero-order valence-corrected chi connectivity index (χ0v) is 11.5. The number of hydrogen-bond acceptors (Lipinski definition) is 4. The average Bonchev–Trinajstić information content (AvgIpc) is 2.47. The van der Waals surface area contributed by atoms with Crippen LogP contribution >= 0.6 is 0 Å². The molecule has 0 spiro atoms. The summed E-state index contributed by atoms with van der Waals surface area (Å²) in [4.78, 5) is 25.7. The number of hydrogen-bond donors (Lipinski definition) is 1.